The molecule has 2 rings (SSSR count). The maximum Gasteiger partial charge on any atom is 0.180 e. The molecule has 0 bridgehead atoms. The van der Waals surface area contributed by atoms with Crippen molar-refractivity contribution < 1.29 is 4.79 Å². The Morgan fingerprint density at radius 2 is 2.45 bits per heavy atom. The quantitative estimate of drug-likeness (QED) is 0.554. The molecule has 1 aliphatic heterocycles. The fourth-order valence-corrected chi connectivity index (χ4v) is 1.30. The van der Waals surface area contributed by atoms with Crippen LogP contribution in [0.15, 0.2) is 6.20 Å². The van der Waals surface area contributed by atoms with Crippen molar-refractivity contribution >= 4 is 5.78 Å². The van der Waals surface area contributed by atoms with Crippen LogP contribution in [0.2, 0.25) is 0 Å². The molecular formula is C7H9N3O. The van der Waals surface area contributed by atoms with Crippen LogP contribution in [0.1, 0.15) is 16.1 Å². The van der Waals surface area contributed by atoms with E-state index in [9.17, 15) is 4.79 Å². The minimum atomic E-state index is 0.138. The summed E-state index contributed by atoms with van der Waals surface area (Å²) in [5.41, 5.74) is 1.76. The van der Waals surface area contributed by atoms with E-state index in [2.05, 4.69) is 10.4 Å². The third-order valence-electron chi connectivity index (χ3n) is 1.94. The summed E-state index contributed by atoms with van der Waals surface area (Å²) >= 11 is 0. The Bertz CT molecular complexity index is 303. The molecule has 4 heteroatoms. The molecule has 1 N–H and O–H groups in total. The summed E-state index contributed by atoms with van der Waals surface area (Å²) in [5, 5.41) is 7.01. The number of Topliss-reactive ketones (excluding diaryl/α,β-unsaturated/α-hetero) is 1. The van der Waals surface area contributed by atoms with Gasteiger partial charge in [-0.3, -0.25) is 9.48 Å². The van der Waals surface area contributed by atoms with E-state index in [0.717, 1.165) is 17.8 Å². The monoisotopic (exact) mass is 151 g/mol. The van der Waals surface area contributed by atoms with Crippen LogP contribution < -0.4 is 5.32 Å². The van der Waals surface area contributed by atoms with Crippen molar-refractivity contribution in [2.75, 3.05) is 6.54 Å². The Balaban J connectivity index is 2.55. The maximum atomic E-state index is 11.2. The van der Waals surface area contributed by atoms with Crippen molar-refractivity contribution in [3.05, 3.63) is 17.5 Å². The smallest absolute Gasteiger partial charge is 0.180 e. The van der Waals surface area contributed by atoms with E-state index in [-0.39, 0.29) is 5.78 Å². The Labute approximate surface area is 64.2 Å². The zero-order valence-corrected chi connectivity index (χ0v) is 6.29. The first-order chi connectivity index (χ1) is 5.29. The van der Waals surface area contributed by atoms with E-state index in [1.807, 2.05) is 7.05 Å². The van der Waals surface area contributed by atoms with Gasteiger partial charge in [-0.15, -0.1) is 0 Å². The van der Waals surface area contributed by atoms with Gasteiger partial charge in [0.05, 0.1) is 24.0 Å². The predicted molar refractivity (Wildman–Crippen MR) is 39.2 cm³/mol. The van der Waals surface area contributed by atoms with E-state index in [1.165, 1.54) is 0 Å². The van der Waals surface area contributed by atoms with E-state index < -0.39 is 0 Å². The second-order valence-corrected chi connectivity index (χ2v) is 2.66. The average molecular weight is 151 g/mol. The number of carbonyl (C=O) groups excluding carboxylic acids is 1. The summed E-state index contributed by atoms with van der Waals surface area (Å²) in [6.07, 6.45) is 1.64. The molecule has 0 amide bonds. The maximum absolute atomic E-state index is 11.2. The third-order valence-corrected chi connectivity index (χ3v) is 1.94. The minimum absolute atomic E-state index is 0.138. The van der Waals surface area contributed by atoms with Crippen molar-refractivity contribution in [2.45, 2.75) is 6.54 Å². The van der Waals surface area contributed by atoms with Gasteiger partial charge in [0.1, 0.15) is 0 Å². The molecule has 0 radical (unpaired) electrons. The Morgan fingerprint density at radius 1 is 1.64 bits per heavy atom. The molecule has 0 aliphatic carbocycles. The summed E-state index contributed by atoms with van der Waals surface area (Å²) in [6, 6.07) is 0. The molecule has 11 heavy (non-hydrogen) atoms. The van der Waals surface area contributed by atoms with E-state index in [0.29, 0.717) is 6.54 Å². The number of carbonyl (C=O) groups is 1. The number of aromatic nitrogens is 2. The Morgan fingerprint density at radius 3 is 3.18 bits per heavy atom. The van der Waals surface area contributed by atoms with E-state index >= 15 is 0 Å². The molecule has 1 aromatic heterocycles. The largest absolute Gasteiger partial charge is 0.304 e. The molecule has 0 spiro atoms. The summed E-state index contributed by atoms with van der Waals surface area (Å²) in [4.78, 5) is 11.2. The van der Waals surface area contributed by atoms with E-state index in [4.69, 9.17) is 0 Å². The molecule has 0 fully saturated rings. The summed E-state index contributed by atoms with van der Waals surface area (Å²) in [5.74, 6) is 0.138. The van der Waals surface area contributed by atoms with Gasteiger partial charge in [0, 0.05) is 13.6 Å². The molecule has 0 unspecified atom stereocenters. The lowest BCUT2D eigenvalue weighted by atomic mass is 10.1. The van der Waals surface area contributed by atoms with Gasteiger partial charge >= 0.3 is 0 Å². The fraction of sp³-hybridized carbons (Fsp3) is 0.429. The lowest BCUT2D eigenvalue weighted by Gasteiger charge is -2.11. The Kier molecular flexibility index (Phi) is 1.29. The highest BCUT2D eigenvalue weighted by atomic mass is 16.1. The zero-order chi connectivity index (χ0) is 7.84. The first-order valence-electron chi connectivity index (χ1n) is 3.54. The number of aryl methyl sites for hydroxylation is 1. The average Bonchev–Trinajstić information content (AvgIpc) is 2.35. The van der Waals surface area contributed by atoms with Crippen molar-refractivity contribution in [3.8, 4) is 0 Å². The van der Waals surface area contributed by atoms with Crippen molar-refractivity contribution in [1.29, 1.82) is 0 Å². The zero-order valence-electron chi connectivity index (χ0n) is 6.29. The molecule has 58 valence electrons. The number of fused-ring (bicyclic) bond motifs is 1. The number of nitrogens with one attached hydrogen (secondary N) is 1. The number of rotatable bonds is 0. The SMILES string of the molecule is Cn1ncc2c1CNCC2=O. The number of ketones is 1. The number of nitrogens with zero attached hydrogens (tertiary/aromatic N) is 2. The molecule has 4 nitrogen and oxygen atoms in total. The molecular weight excluding hydrogens is 142 g/mol. The molecule has 0 saturated heterocycles. The molecule has 1 aliphatic rings. The van der Waals surface area contributed by atoms with Crippen LogP contribution in [0.4, 0.5) is 0 Å². The topological polar surface area (TPSA) is 46.9 Å². The van der Waals surface area contributed by atoms with Crippen LogP contribution in [0.3, 0.4) is 0 Å². The van der Waals surface area contributed by atoms with Crippen LogP contribution in [-0.4, -0.2) is 22.1 Å². The molecule has 2 heterocycles. The van der Waals surface area contributed by atoms with Crippen molar-refractivity contribution in [2.24, 2.45) is 7.05 Å². The third kappa shape index (κ3) is 0.867. The fourth-order valence-electron chi connectivity index (χ4n) is 1.30. The van der Waals surface area contributed by atoms with Crippen molar-refractivity contribution in [1.82, 2.24) is 15.1 Å². The normalized spacial score (nSPS) is 16.6. The molecule has 0 saturated carbocycles. The Hall–Kier alpha value is -1.16. The van der Waals surface area contributed by atoms with E-state index in [1.54, 1.807) is 10.9 Å². The van der Waals surface area contributed by atoms with Gasteiger partial charge in [-0.25, -0.2) is 0 Å². The first kappa shape index (κ1) is 6.54. The van der Waals surface area contributed by atoms with Gasteiger partial charge in [0.15, 0.2) is 5.78 Å². The predicted octanol–water partition coefficient (Wildman–Crippen LogP) is -0.294. The highest BCUT2D eigenvalue weighted by molar-refractivity contribution is 5.99. The second kappa shape index (κ2) is 2.17. The summed E-state index contributed by atoms with van der Waals surface area (Å²) in [6.45, 7) is 1.19. The van der Waals surface area contributed by atoms with Crippen molar-refractivity contribution in [3.63, 3.8) is 0 Å². The van der Waals surface area contributed by atoms with Gasteiger partial charge < -0.3 is 5.32 Å². The second-order valence-electron chi connectivity index (χ2n) is 2.66. The van der Waals surface area contributed by atoms with Crippen LogP contribution in [0.25, 0.3) is 0 Å². The van der Waals surface area contributed by atoms with Crippen LogP contribution in [0.5, 0.6) is 0 Å². The van der Waals surface area contributed by atoms with Gasteiger partial charge in [-0.05, 0) is 0 Å². The standard InChI is InChI=1S/C7H9N3O/c1-10-6-3-8-4-7(11)5(6)2-9-10/h2,8H,3-4H2,1H3. The minimum Gasteiger partial charge on any atom is -0.304 e. The lowest BCUT2D eigenvalue weighted by molar-refractivity contribution is 0.0981. The first-order valence-corrected chi connectivity index (χ1v) is 3.54. The van der Waals surface area contributed by atoms with Crippen LogP contribution in [-0.2, 0) is 13.6 Å². The lowest BCUT2D eigenvalue weighted by Crippen LogP contribution is -2.30. The molecule has 0 aromatic carbocycles. The summed E-state index contributed by atoms with van der Waals surface area (Å²) < 4.78 is 1.74. The van der Waals surface area contributed by atoms with Crippen LogP contribution >= 0.6 is 0 Å². The van der Waals surface area contributed by atoms with Gasteiger partial charge in [0.2, 0.25) is 0 Å². The van der Waals surface area contributed by atoms with Crippen LogP contribution in [0, 0.1) is 0 Å². The molecule has 1 aromatic rings. The van der Waals surface area contributed by atoms with Gasteiger partial charge in [-0.2, -0.15) is 5.10 Å². The summed E-state index contributed by atoms with van der Waals surface area (Å²) in [7, 11) is 1.85. The van der Waals surface area contributed by atoms with Gasteiger partial charge in [-0.1, -0.05) is 0 Å². The highest BCUT2D eigenvalue weighted by Crippen LogP contribution is 2.10. The van der Waals surface area contributed by atoms with Gasteiger partial charge in [0.25, 0.3) is 0 Å². The number of hydrogen-bond donors (Lipinski definition) is 1. The number of hydrogen-bond acceptors (Lipinski definition) is 3. The molecule has 0 atom stereocenters. The highest BCUT2D eigenvalue weighted by Gasteiger charge is 2.19.